The molecule has 0 fully saturated rings. The maximum Gasteiger partial charge on any atom is 0.0905 e. The van der Waals surface area contributed by atoms with Crippen LogP contribution < -0.4 is 0 Å². The molecule has 0 aliphatic rings. The first-order valence-electron chi connectivity index (χ1n) is 8.65. The van der Waals surface area contributed by atoms with Crippen LogP contribution in [0.4, 0.5) is 0 Å². The summed E-state index contributed by atoms with van der Waals surface area (Å²) in [5, 5.41) is 0.758. The van der Waals surface area contributed by atoms with E-state index in [1.165, 1.54) is 22.3 Å². The van der Waals surface area contributed by atoms with Crippen molar-refractivity contribution in [2.24, 2.45) is 0 Å². The van der Waals surface area contributed by atoms with Crippen LogP contribution >= 0.6 is 11.6 Å². The SMILES string of the molecule is CCC(C)(OCc1ccc(-c2ccc(Cl)cc2)cc1)c1ccccc1. The molecule has 1 unspecified atom stereocenters. The van der Waals surface area contributed by atoms with Crippen LogP contribution in [0.2, 0.25) is 5.02 Å². The van der Waals surface area contributed by atoms with E-state index in [1.54, 1.807) is 0 Å². The molecule has 3 aromatic rings. The summed E-state index contributed by atoms with van der Waals surface area (Å²) < 4.78 is 6.29. The highest BCUT2D eigenvalue weighted by Crippen LogP contribution is 2.30. The van der Waals surface area contributed by atoms with Gasteiger partial charge in [0.05, 0.1) is 12.2 Å². The summed E-state index contributed by atoms with van der Waals surface area (Å²) in [7, 11) is 0. The van der Waals surface area contributed by atoms with E-state index in [-0.39, 0.29) is 5.60 Å². The molecule has 0 radical (unpaired) electrons. The topological polar surface area (TPSA) is 9.23 Å². The Morgan fingerprint density at radius 3 is 1.92 bits per heavy atom. The Morgan fingerprint density at radius 1 is 0.800 bits per heavy atom. The maximum atomic E-state index is 6.29. The third-order valence-corrected chi connectivity index (χ3v) is 5.00. The van der Waals surface area contributed by atoms with Crippen LogP contribution in [0.5, 0.6) is 0 Å². The fourth-order valence-electron chi connectivity index (χ4n) is 2.86. The van der Waals surface area contributed by atoms with Gasteiger partial charge in [0.1, 0.15) is 0 Å². The fourth-order valence-corrected chi connectivity index (χ4v) is 2.98. The maximum absolute atomic E-state index is 6.29. The molecule has 0 heterocycles. The lowest BCUT2D eigenvalue weighted by molar-refractivity contribution is -0.0509. The summed E-state index contributed by atoms with van der Waals surface area (Å²) in [4.78, 5) is 0. The molecule has 0 N–H and O–H groups in total. The number of halogens is 1. The second-order valence-electron chi connectivity index (χ2n) is 6.44. The molecular formula is C23H23ClO. The normalized spacial score (nSPS) is 13.4. The Kier molecular flexibility index (Phi) is 5.57. The monoisotopic (exact) mass is 350 g/mol. The highest BCUT2D eigenvalue weighted by molar-refractivity contribution is 6.30. The standard InChI is InChI=1S/C23H23ClO/c1-3-23(2,21-7-5-4-6-8-21)25-17-18-9-11-19(12-10-18)20-13-15-22(24)16-14-20/h4-16H,3,17H2,1-2H3. The van der Waals surface area contributed by atoms with Crippen molar-refractivity contribution < 1.29 is 4.74 Å². The second-order valence-corrected chi connectivity index (χ2v) is 6.88. The van der Waals surface area contributed by atoms with Gasteiger partial charge in [-0.2, -0.15) is 0 Å². The van der Waals surface area contributed by atoms with Crippen molar-refractivity contribution in [1.29, 1.82) is 0 Å². The van der Waals surface area contributed by atoms with Crippen LogP contribution in [0.3, 0.4) is 0 Å². The van der Waals surface area contributed by atoms with Crippen LogP contribution in [-0.4, -0.2) is 0 Å². The van der Waals surface area contributed by atoms with Gasteiger partial charge in [-0.25, -0.2) is 0 Å². The van der Waals surface area contributed by atoms with Crippen LogP contribution in [0.15, 0.2) is 78.9 Å². The molecule has 0 amide bonds. The van der Waals surface area contributed by atoms with Gasteiger partial charge in [0, 0.05) is 5.02 Å². The molecule has 0 aromatic heterocycles. The largest absolute Gasteiger partial charge is 0.366 e. The van der Waals surface area contributed by atoms with Crippen LogP contribution in [-0.2, 0) is 16.9 Å². The van der Waals surface area contributed by atoms with E-state index in [0.717, 1.165) is 11.4 Å². The van der Waals surface area contributed by atoms with E-state index < -0.39 is 0 Å². The smallest absolute Gasteiger partial charge is 0.0905 e. The molecule has 1 nitrogen and oxygen atoms in total. The third-order valence-electron chi connectivity index (χ3n) is 4.75. The van der Waals surface area contributed by atoms with E-state index in [9.17, 15) is 0 Å². The average molecular weight is 351 g/mol. The predicted molar refractivity (Wildman–Crippen MR) is 106 cm³/mol. The molecule has 1 atom stereocenters. The van der Waals surface area contributed by atoms with Gasteiger partial charge < -0.3 is 4.74 Å². The zero-order valence-corrected chi connectivity index (χ0v) is 15.5. The Morgan fingerprint density at radius 2 is 1.36 bits per heavy atom. The van der Waals surface area contributed by atoms with Gasteiger partial charge in [-0.05, 0) is 47.7 Å². The van der Waals surface area contributed by atoms with Gasteiger partial charge >= 0.3 is 0 Å². The Bertz CT molecular complexity index is 794. The molecule has 0 bridgehead atoms. The second kappa shape index (κ2) is 7.86. The zero-order valence-electron chi connectivity index (χ0n) is 14.7. The highest BCUT2D eigenvalue weighted by Gasteiger charge is 2.25. The van der Waals surface area contributed by atoms with Crippen LogP contribution in [0.25, 0.3) is 11.1 Å². The quantitative estimate of drug-likeness (QED) is 0.472. The molecular weight excluding hydrogens is 328 g/mol. The van der Waals surface area contributed by atoms with Crippen molar-refractivity contribution >= 4 is 11.6 Å². The molecule has 3 aromatic carbocycles. The van der Waals surface area contributed by atoms with Crippen molar-refractivity contribution in [3.63, 3.8) is 0 Å². The first kappa shape index (κ1) is 17.7. The van der Waals surface area contributed by atoms with E-state index >= 15 is 0 Å². The molecule has 128 valence electrons. The first-order valence-corrected chi connectivity index (χ1v) is 9.03. The van der Waals surface area contributed by atoms with Gasteiger partial charge in [-0.1, -0.05) is 85.3 Å². The lowest BCUT2D eigenvalue weighted by Gasteiger charge is -2.29. The Balaban J connectivity index is 1.70. The number of hydrogen-bond acceptors (Lipinski definition) is 1. The minimum Gasteiger partial charge on any atom is -0.366 e. The van der Waals surface area contributed by atoms with E-state index in [1.807, 2.05) is 30.3 Å². The summed E-state index contributed by atoms with van der Waals surface area (Å²) in [5.74, 6) is 0. The minimum absolute atomic E-state index is 0.268. The van der Waals surface area contributed by atoms with Gasteiger partial charge in [0.15, 0.2) is 0 Å². The van der Waals surface area contributed by atoms with E-state index in [2.05, 4.69) is 62.4 Å². The van der Waals surface area contributed by atoms with Crippen molar-refractivity contribution in [2.45, 2.75) is 32.5 Å². The van der Waals surface area contributed by atoms with Crippen molar-refractivity contribution in [2.75, 3.05) is 0 Å². The predicted octanol–water partition coefficient (Wildman–Crippen LogP) is 6.85. The molecule has 0 aliphatic heterocycles. The zero-order chi connectivity index (χ0) is 17.7. The molecule has 0 aliphatic carbocycles. The molecule has 0 saturated carbocycles. The molecule has 0 saturated heterocycles. The van der Waals surface area contributed by atoms with Crippen molar-refractivity contribution in [3.05, 3.63) is 95.0 Å². The van der Waals surface area contributed by atoms with Gasteiger partial charge in [-0.15, -0.1) is 0 Å². The van der Waals surface area contributed by atoms with Crippen molar-refractivity contribution in [1.82, 2.24) is 0 Å². The fraction of sp³-hybridized carbons (Fsp3) is 0.217. The van der Waals surface area contributed by atoms with Gasteiger partial charge in [0.25, 0.3) is 0 Å². The first-order chi connectivity index (χ1) is 12.1. The number of ether oxygens (including phenoxy) is 1. The molecule has 2 heteroatoms. The molecule has 0 spiro atoms. The van der Waals surface area contributed by atoms with E-state index in [0.29, 0.717) is 6.61 Å². The van der Waals surface area contributed by atoms with E-state index in [4.69, 9.17) is 16.3 Å². The van der Waals surface area contributed by atoms with Gasteiger partial charge in [0.2, 0.25) is 0 Å². The lowest BCUT2D eigenvalue weighted by Crippen LogP contribution is -2.24. The Labute approximate surface area is 155 Å². The average Bonchev–Trinajstić information content (AvgIpc) is 2.68. The van der Waals surface area contributed by atoms with Crippen molar-refractivity contribution in [3.8, 4) is 11.1 Å². The van der Waals surface area contributed by atoms with Gasteiger partial charge in [-0.3, -0.25) is 0 Å². The minimum atomic E-state index is -0.268. The summed E-state index contributed by atoms with van der Waals surface area (Å²) in [6.07, 6.45) is 0.930. The number of benzene rings is 3. The summed E-state index contributed by atoms with van der Waals surface area (Å²) in [6.45, 7) is 4.92. The van der Waals surface area contributed by atoms with Crippen LogP contribution in [0, 0.1) is 0 Å². The third kappa shape index (κ3) is 4.31. The summed E-state index contributed by atoms with van der Waals surface area (Å²) in [6, 6.07) is 26.9. The summed E-state index contributed by atoms with van der Waals surface area (Å²) >= 11 is 5.96. The lowest BCUT2D eigenvalue weighted by atomic mass is 9.93. The Hall–Kier alpha value is -2.09. The number of hydrogen-bond donors (Lipinski definition) is 0. The van der Waals surface area contributed by atoms with Crippen LogP contribution in [0.1, 0.15) is 31.4 Å². The summed E-state index contributed by atoms with van der Waals surface area (Å²) in [5.41, 5.74) is 4.47. The molecule has 3 rings (SSSR count). The molecule has 25 heavy (non-hydrogen) atoms. The highest BCUT2D eigenvalue weighted by atomic mass is 35.5. The number of rotatable bonds is 6.